The van der Waals surface area contributed by atoms with Crippen LogP contribution in [-0.4, -0.2) is 11.7 Å². The number of nitrogens with one attached hydrogen (secondary N) is 2. The van der Waals surface area contributed by atoms with Gasteiger partial charge in [-0.05, 0) is 22.9 Å². The topological polar surface area (TPSA) is 53.5 Å². The third kappa shape index (κ3) is 1.97. The number of aliphatic imine (C=N–C) groups is 1. The van der Waals surface area contributed by atoms with Crippen LogP contribution in [0.15, 0.2) is 47.5 Å². The van der Waals surface area contributed by atoms with Crippen LogP contribution in [0.4, 0.5) is 5.69 Å². The van der Waals surface area contributed by atoms with E-state index in [1.54, 1.807) is 0 Å². The zero-order valence-corrected chi connectivity index (χ0v) is 9.10. The maximum absolute atomic E-state index is 11.0. The van der Waals surface area contributed by atoms with Crippen molar-refractivity contribution in [3.8, 4) is 0 Å². The Kier molecular flexibility index (Phi) is 2.26. The molecule has 1 heterocycles. The molecule has 2 aromatic carbocycles. The SMILES string of the molecule is O=C1CC(=Nc2ccc3ccccc3c2)NN1. The summed E-state index contributed by atoms with van der Waals surface area (Å²) in [6, 6.07) is 14.1. The van der Waals surface area contributed by atoms with Gasteiger partial charge in [-0.3, -0.25) is 15.6 Å². The second-order valence-electron chi connectivity index (χ2n) is 3.94. The molecule has 84 valence electrons. The molecule has 4 heteroatoms. The molecule has 2 N–H and O–H groups in total. The maximum atomic E-state index is 11.0. The fourth-order valence-corrected chi connectivity index (χ4v) is 1.85. The molecule has 1 saturated heterocycles. The molecule has 17 heavy (non-hydrogen) atoms. The van der Waals surface area contributed by atoms with Gasteiger partial charge in [-0.2, -0.15) is 0 Å². The molecule has 1 amide bonds. The van der Waals surface area contributed by atoms with Crippen LogP contribution in [-0.2, 0) is 4.79 Å². The van der Waals surface area contributed by atoms with Crippen molar-refractivity contribution in [2.45, 2.75) is 6.42 Å². The molecule has 1 fully saturated rings. The van der Waals surface area contributed by atoms with Gasteiger partial charge < -0.3 is 0 Å². The predicted octanol–water partition coefficient (Wildman–Crippen LogP) is 1.89. The fourth-order valence-electron chi connectivity index (χ4n) is 1.85. The number of amidine groups is 1. The van der Waals surface area contributed by atoms with Gasteiger partial charge >= 0.3 is 0 Å². The number of rotatable bonds is 1. The first kappa shape index (κ1) is 9.84. The Balaban J connectivity index is 1.98. The zero-order chi connectivity index (χ0) is 11.7. The maximum Gasteiger partial charge on any atom is 0.245 e. The lowest BCUT2D eigenvalue weighted by atomic mass is 10.1. The van der Waals surface area contributed by atoms with Crippen LogP contribution in [0, 0.1) is 0 Å². The summed E-state index contributed by atoms with van der Waals surface area (Å²) in [4.78, 5) is 15.4. The molecule has 2 aromatic rings. The van der Waals surface area contributed by atoms with Gasteiger partial charge in [-0.25, -0.2) is 4.99 Å². The number of fused-ring (bicyclic) bond motifs is 1. The van der Waals surface area contributed by atoms with E-state index in [0.29, 0.717) is 12.3 Å². The molecule has 4 nitrogen and oxygen atoms in total. The summed E-state index contributed by atoms with van der Waals surface area (Å²) in [5.74, 6) is 0.606. The molecule has 0 unspecified atom stereocenters. The van der Waals surface area contributed by atoms with Gasteiger partial charge in [-0.1, -0.05) is 30.3 Å². The largest absolute Gasteiger partial charge is 0.285 e. The molecule has 0 spiro atoms. The van der Waals surface area contributed by atoms with Crippen molar-refractivity contribution in [1.29, 1.82) is 0 Å². The molecule has 3 rings (SSSR count). The van der Waals surface area contributed by atoms with Crippen LogP contribution in [0.25, 0.3) is 10.8 Å². The summed E-state index contributed by atoms with van der Waals surface area (Å²) in [7, 11) is 0. The Morgan fingerprint density at radius 1 is 1.00 bits per heavy atom. The first-order valence-electron chi connectivity index (χ1n) is 5.42. The van der Waals surface area contributed by atoms with Crippen LogP contribution in [0.1, 0.15) is 6.42 Å². The molecule has 1 aliphatic heterocycles. The minimum atomic E-state index is -0.0514. The van der Waals surface area contributed by atoms with Crippen molar-refractivity contribution >= 4 is 28.2 Å². The lowest BCUT2D eigenvalue weighted by Gasteiger charge is -2.00. The number of hydrogen-bond acceptors (Lipinski definition) is 2. The molecular weight excluding hydrogens is 214 g/mol. The zero-order valence-electron chi connectivity index (χ0n) is 9.10. The summed E-state index contributed by atoms with van der Waals surface area (Å²) >= 11 is 0. The minimum Gasteiger partial charge on any atom is -0.285 e. The van der Waals surface area contributed by atoms with Crippen molar-refractivity contribution in [2.75, 3.05) is 0 Å². The van der Waals surface area contributed by atoms with Crippen molar-refractivity contribution in [2.24, 2.45) is 4.99 Å². The van der Waals surface area contributed by atoms with Crippen LogP contribution in [0.2, 0.25) is 0 Å². The molecule has 1 aliphatic rings. The lowest BCUT2D eigenvalue weighted by molar-refractivity contribution is -0.119. The quantitative estimate of drug-likeness (QED) is 0.778. The Labute approximate surface area is 98.3 Å². The van der Waals surface area contributed by atoms with E-state index in [4.69, 9.17) is 0 Å². The van der Waals surface area contributed by atoms with Crippen molar-refractivity contribution < 1.29 is 4.79 Å². The first-order chi connectivity index (χ1) is 8.31. The minimum absolute atomic E-state index is 0.0514. The van der Waals surface area contributed by atoms with Gasteiger partial charge in [0.15, 0.2) is 0 Å². The monoisotopic (exact) mass is 225 g/mol. The summed E-state index contributed by atoms with van der Waals surface area (Å²) in [5, 5.41) is 2.33. The number of hydrogen-bond donors (Lipinski definition) is 2. The van der Waals surface area contributed by atoms with Gasteiger partial charge in [0.25, 0.3) is 0 Å². The van der Waals surface area contributed by atoms with E-state index < -0.39 is 0 Å². The lowest BCUT2D eigenvalue weighted by Crippen LogP contribution is -2.28. The smallest absolute Gasteiger partial charge is 0.245 e. The molecule has 0 atom stereocenters. The van der Waals surface area contributed by atoms with Gasteiger partial charge in [0, 0.05) is 0 Å². The molecule has 0 aromatic heterocycles. The highest BCUT2D eigenvalue weighted by atomic mass is 16.2. The number of carbonyl (C=O) groups is 1. The molecule has 0 radical (unpaired) electrons. The Morgan fingerprint density at radius 2 is 1.82 bits per heavy atom. The predicted molar refractivity (Wildman–Crippen MR) is 66.9 cm³/mol. The highest BCUT2D eigenvalue weighted by Crippen LogP contribution is 2.21. The highest BCUT2D eigenvalue weighted by molar-refractivity contribution is 6.05. The van der Waals surface area contributed by atoms with E-state index in [1.807, 2.05) is 36.4 Å². The molecule has 0 aliphatic carbocycles. The molecule has 0 saturated carbocycles. The van der Waals surface area contributed by atoms with Gasteiger partial charge in [-0.15, -0.1) is 0 Å². The average Bonchev–Trinajstić information content (AvgIpc) is 2.75. The average molecular weight is 225 g/mol. The second kappa shape index (κ2) is 3.90. The highest BCUT2D eigenvalue weighted by Gasteiger charge is 2.14. The number of carbonyl (C=O) groups excluding carboxylic acids is 1. The third-order valence-corrected chi connectivity index (χ3v) is 2.67. The Bertz CT molecular complexity index is 619. The third-order valence-electron chi connectivity index (χ3n) is 2.67. The van der Waals surface area contributed by atoms with E-state index in [1.165, 1.54) is 5.39 Å². The van der Waals surface area contributed by atoms with Crippen molar-refractivity contribution in [1.82, 2.24) is 10.9 Å². The van der Waals surface area contributed by atoms with Crippen molar-refractivity contribution in [3.05, 3.63) is 42.5 Å². The van der Waals surface area contributed by atoms with E-state index in [0.717, 1.165) is 11.1 Å². The van der Waals surface area contributed by atoms with Crippen LogP contribution >= 0.6 is 0 Å². The Morgan fingerprint density at radius 3 is 2.59 bits per heavy atom. The molecular formula is C13H11N3O. The van der Waals surface area contributed by atoms with Crippen LogP contribution < -0.4 is 10.9 Å². The second-order valence-corrected chi connectivity index (χ2v) is 3.94. The van der Waals surface area contributed by atoms with E-state index >= 15 is 0 Å². The Hall–Kier alpha value is -2.36. The van der Waals surface area contributed by atoms with Crippen LogP contribution in [0.5, 0.6) is 0 Å². The van der Waals surface area contributed by atoms with E-state index in [2.05, 4.69) is 21.9 Å². The van der Waals surface area contributed by atoms with Gasteiger partial charge in [0.1, 0.15) is 5.84 Å². The first-order valence-corrected chi connectivity index (χ1v) is 5.42. The van der Waals surface area contributed by atoms with Crippen LogP contribution in [0.3, 0.4) is 0 Å². The van der Waals surface area contributed by atoms with Crippen molar-refractivity contribution in [3.63, 3.8) is 0 Å². The van der Waals surface area contributed by atoms with Gasteiger partial charge in [0.05, 0.1) is 12.1 Å². The number of amides is 1. The standard InChI is InChI=1S/C13H11N3O/c17-13-8-12(15-16-13)14-11-6-5-9-3-1-2-4-10(9)7-11/h1-7H,8H2,(H,14,15)(H,16,17). The van der Waals surface area contributed by atoms with E-state index in [9.17, 15) is 4.79 Å². The molecule has 0 bridgehead atoms. The number of nitrogens with zero attached hydrogens (tertiary/aromatic N) is 1. The number of benzene rings is 2. The normalized spacial score (nSPS) is 17.2. The van der Waals surface area contributed by atoms with E-state index in [-0.39, 0.29) is 5.91 Å². The summed E-state index contributed by atoms with van der Waals surface area (Å²) < 4.78 is 0. The summed E-state index contributed by atoms with van der Waals surface area (Å²) in [6.07, 6.45) is 0.312. The number of hydrazine groups is 1. The summed E-state index contributed by atoms with van der Waals surface area (Å²) in [6.45, 7) is 0. The summed E-state index contributed by atoms with van der Waals surface area (Å²) in [5.41, 5.74) is 6.11. The fraction of sp³-hybridized carbons (Fsp3) is 0.0769. The van der Waals surface area contributed by atoms with Gasteiger partial charge in [0.2, 0.25) is 5.91 Å².